The molecule has 10 heteroatoms. The Morgan fingerprint density at radius 2 is 1.89 bits per heavy atom. The number of piperidine rings is 1. The fourth-order valence-corrected chi connectivity index (χ4v) is 5.27. The maximum atomic E-state index is 12.5. The van der Waals surface area contributed by atoms with Crippen LogP contribution < -0.4 is 10.4 Å². The number of aromatic nitrogens is 3. The van der Waals surface area contributed by atoms with Crippen LogP contribution in [0, 0.1) is 5.92 Å². The predicted octanol–water partition coefficient (Wildman–Crippen LogP) is 3.42. The smallest absolute Gasteiger partial charge is 0.278 e. The highest BCUT2D eigenvalue weighted by Crippen LogP contribution is 2.25. The number of amides is 2. The molecule has 1 atom stereocenters. The van der Waals surface area contributed by atoms with E-state index in [1.807, 2.05) is 24.1 Å². The Balaban J connectivity index is 1.12. The van der Waals surface area contributed by atoms with Gasteiger partial charge in [-0.2, -0.15) is 0 Å². The highest BCUT2D eigenvalue weighted by Gasteiger charge is 2.25. The average molecular weight is 521 g/mol. The Kier molecular flexibility index (Phi) is 8.19. The van der Waals surface area contributed by atoms with Gasteiger partial charge in [-0.3, -0.25) is 9.59 Å². The lowest BCUT2D eigenvalue weighted by Gasteiger charge is -2.34. The first-order valence-electron chi connectivity index (χ1n) is 13.4. The van der Waals surface area contributed by atoms with Gasteiger partial charge in [-0.1, -0.05) is 18.2 Å². The summed E-state index contributed by atoms with van der Waals surface area (Å²) in [6.07, 6.45) is 9.46. The van der Waals surface area contributed by atoms with Crippen molar-refractivity contribution in [1.82, 2.24) is 24.9 Å². The third kappa shape index (κ3) is 6.14. The molecule has 2 fully saturated rings. The number of fused-ring (bicyclic) bond motifs is 1. The maximum Gasteiger partial charge on any atom is 0.278 e. The highest BCUT2D eigenvalue weighted by molar-refractivity contribution is 5.92. The molecule has 2 aliphatic rings. The second-order valence-corrected chi connectivity index (χ2v) is 10.2. The second kappa shape index (κ2) is 11.9. The van der Waals surface area contributed by atoms with Gasteiger partial charge in [0, 0.05) is 82.7 Å². The molecule has 5 rings (SSSR count). The van der Waals surface area contributed by atoms with Crippen LogP contribution in [0.1, 0.15) is 54.9 Å². The largest absolute Gasteiger partial charge is 0.350 e. The van der Waals surface area contributed by atoms with E-state index < -0.39 is 6.29 Å². The molecule has 2 saturated heterocycles. The summed E-state index contributed by atoms with van der Waals surface area (Å²) in [5, 5.41) is 1.19. The van der Waals surface area contributed by atoms with Crippen LogP contribution >= 0.6 is 0 Å². The molecule has 1 unspecified atom stereocenters. The number of nitrogens with one attached hydrogen (secondary N) is 1. The normalized spacial score (nSPS) is 18.5. The molecule has 1 N–H and O–H groups in total. The molecule has 2 amide bonds. The average Bonchev–Trinajstić information content (AvgIpc) is 3.27. The lowest BCUT2D eigenvalue weighted by Crippen LogP contribution is -2.40. The van der Waals surface area contributed by atoms with Gasteiger partial charge in [-0.15, -0.1) is 0 Å². The molecule has 0 aliphatic carbocycles. The quantitative estimate of drug-likeness (QED) is 0.454. The van der Waals surface area contributed by atoms with Crippen molar-refractivity contribution >= 4 is 28.7 Å². The molecule has 38 heavy (non-hydrogen) atoms. The van der Waals surface area contributed by atoms with Crippen molar-refractivity contribution in [2.75, 3.05) is 31.1 Å². The van der Waals surface area contributed by atoms with Gasteiger partial charge in [-0.25, -0.2) is 20.3 Å². The second-order valence-electron chi connectivity index (χ2n) is 10.2. The Hall–Kier alpha value is -3.50. The van der Waals surface area contributed by atoms with Gasteiger partial charge in [0.2, 0.25) is 11.9 Å². The molecule has 202 valence electrons. The fraction of sp³-hybridized carbons (Fsp3) is 0.500. The maximum absolute atomic E-state index is 12.5. The molecule has 1 aromatic carbocycles. The molecule has 2 aliphatic heterocycles. The molecule has 0 spiro atoms. The number of benzene rings is 1. The van der Waals surface area contributed by atoms with Crippen LogP contribution in [0.3, 0.4) is 0 Å². The standard InChI is InChI=1S/C28H36N6O4/c1-20(35)34(19-23-18-32(2)25-8-4-3-7-24(23)25)17-21-10-12-33(13-11-21)28-29-15-22(16-30-28)27(36)31-38-26-9-5-6-14-37-26/h3-4,7-8,15-16,18,21,26H,5-6,9-14,17,19H2,1-2H3,(H,31,36). The fourth-order valence-electron chi connectivity index (χ4n) is 5.27. The van der Waals surface area contributed by atoms with E-state index in [9.17, 15) is 9.59 Å². The van der Waals surface area contributed by atoms with Gasteiger partial charge in [0.05, 0.1) is 5.56 Å². The van der Waals surface area contributed by atoms with E-state index in [0.29, 0.717) is 30.6 Å². The molecular formula is C28H36N6O4. The van der Waals surface area contributed by atoms with E-state index in [0.717, 1.165) is 51.7 Å². The number of carbonyl (C=O) groups excluding carboxylic acids is 2. The first kappa shape index (κ1) is 26.1. The van der Waals surface area contributed by atoms with E-state index in [4.69, 9.17) is 9.57 Å². The SMILES string of the molecule is CC(=O)N(Cc1cn(C)c2ccccc12)CC1CCN(c2ncc(C(=O)NOC3CCCCO3)cn2)CC1. The van der Waals surface area contributed by atoms with Crippen molar-refractivity contribution in [3.63, 3.8) is 0 Å². The van der Waals surface area contributed by atoms with Crippen LogP contribution in [0.4, 0.5) is 5.95 Å². The summed E-state index contributed by atoms with van der Waals surface area (Å²) in [6, 6.07) is 8.31. The number of hydroxylamine groups is 1. The minimum absolute atomic E-state index is 0.0941. The Morgan fingerprint density at radius 1 is 1.13 bits per heavy atom. The predicted molar refractivity (Wildman–Crippen MR) is 143 cm³/mol. The lowest BCUT2D eigenvalue weighted by atomic mass is 9.96. The number of nitrogens with zero attached hydrogens (tertiary/aromatic N) is 5. The van der Waals surface area contributed by atoms with Crippen molar-refractivity contribution in [3.8, 4) is 0 Å². The van der Waals surface area contributed by atoms with Crippen LogP contribution in [0.15, 0.2) is 42.9 Å². The summed E-state index contributed by atoms with van der Waals surface area (Å²) >= 11 is 0. The van der Waals surface area contributed by atoms with Gasteiger partial charge in [0.1, 0.15) is 0 Å². The number of aryl methyl sites for hydroxylation is 1. The molecule has 0 radical (unpaired) electrons. The Bertz CT molecular complexity index is 1250. The molecule has 0 bridgehead atoms. The lowest BCUT2D eigenvalue weighted by molar-refractivity contribution is -0.186. The number of carbonyl (C=O) groups is 2. The molecule has 10 nitrogen and oxygen atoms in total. The van der Waals surface area contributed by atoms with Crippen LogP contribution in [0.5, 0.6) is 0 Å². The zero-order valence-corrected chi connectivity index (χ0v) is 22.1. The van der Waals surface area contributed by atoms with Gasteiger partial charge in [0.25, 0.3) is 5.91 Å². The number of ether oxygens (including phenoxy) is 1. The monoisotopic (exact) mass is 520 g/mol. The van der Waals surface area contributed by atoms with Crippen molar-refractivity contribution in [1.29, 1.82) is 0 Å². The summed E-state index contributed by atoms with van der Waals surface area (Å²) in [6.45, 7) is 5.25. The van der Waals surface area contributed by atoms with E-state index in [-0.39, 0.29) is 11.8 Å². The third-order valence-corrected chi connectivity index (χ3v) is 7.48. The summed E-state index contributed by atoms with van der Waals surface area (Å²) in [5.41, 5.74) is 5.12. The minimum Gasteiger partial charge on any atom is -0.350 e. The van der Waals surface area contributed by atoms with Crippen molar-refractivity contribution in [3.05, 3.63) is 54.0 Å². The molecular weight excluding hydrogens is 484 g/mol. The summed E-state index contributed by atoms with van der Waals surface area (Å²) < 4.78 is 7.58. The first-order valence-corrected chi connectivity index (χ1v) is 13.4. The molecule has 4 heterocycles. The number of hydrogen-bond acceptors (Lipinski definition) is 7. The van der Waals surface area contributed by atoms with E-state index in [1.165, 1.54) is 28.9 Å². The Labute approximate surface area is 222 Å². The Morgan fingerprint density at radius 3 is 2.61 bits per heavy atom. The van der Waals surface area contributed by atoms with Crippen molar-refractivity contribution < 1.29 is 19.2 Å². The number of hydrogen-bond donors (Lipinski definition) is 1. The van der Waals surface area contributed by atoms with Gasteiger partial charge in [-0.05, 0) is 43.2 Å². The van der Waals surface area contributed by atoms with Gasteiger partial charge in [0.15, 0.2) is 6.29 Å². The van der Waals surface area contributed by atoms with Gasteiger partial charge >= 0.3 is 0 Å². The van der Waals surface area contributed by atoms with Crippen LogP contribution in [-0.2, 0) is 28.0 Å². The van der Waals surface area contributed by atoms with Crippen LogP contribution in [0.25, 0.3) is 10.9 Å². The van der Waals surface area contributed by atoms with Gasteiger partial charge < -0.3 is 19.1 Å². The van der Waals surface area contributed by atoms with Crippen LogP contribution in [0.2, 0.25) is 0 Å². The summed E-state index contributed by atoms with van der Waals surface area (Å²) in [7, 11) is 2.04. The summed E-state index contributed by atoms with van der Waals surface area (Å²) in [5.74, 6) is 0.724. The highest BCUT2D eigenvalue weighted by atomic mass is 16.8. The topological polar surface area (TPSA) is 102 Å². The number of para-hydroxylation sites is 1. The van der Waals surface area contributed by atoms with E-state index in [1.54, 1.807) is 6.92 Å². The zero-order chi connectivity index (χ0) is 26.5. The molecule has 3 aromatic rings. The molecule has 2 aromatic heterocycles. The zero-order valence-electron chi connectivity index (χ0n) is 22.1. The van der Waals surface area contributed by atoms with Crippen molar-refractivity contribution in [2.24, 2.45) is 13.0 Å². The first-order chi connectivity index (χ1) is 18.5. The minimum atomic E-state index is -0.403. The summed E-state index contributed by atoms with van der Waals surface area (Å²) in [4.78, 5) is 43.2. The van der Waals surface area contributed by atoms with E-state index in [2.05, 4.69) is 43.2 Å². The third-order valence-electron chi connectivity index (χ3n) is 7.48. The van der Waals surface area contributed by atoms with Crippen molar-refractivity contribution in [2.45, 2.75) is 51.9 Å². The van der Waals surface area contributed by atoms with Crippen LogP contribution in [-0.4, -0.2) is 63.8 Å². The number of anilines is 1. The number of rotatable bonds is 8. The van der Waals surface area contributed by atoms with E-state index >= 15 is 0 Å². The molecule has 0 saturated carbocycles.